The molecule has 1 fully saturated rings. The molecule has 3 heteroatoms. The van der Waals surface area contributed by atoms with Crippen molar-refractivity contribution < 1.29 is 0 Å². The predicted molar refractivity (Wildman–Crippen MR) is 55.9 cm³/mol. The third kappa shape index (κ3) is 2.66. The first-order chi connectivity index (χ1) is 5.68. The molecule has 0 aromatic heterocycles. The van der Waals surface area contributed by atoms with Gasteiger partial charge in [0.2, 0.25) is 0 Å². The molecule has 1 saturated carbocycles. The Balaban J connectivity index is 2.84. The molecule has 1 aliphatic rings. The van der Waals surface area contributed by atoms with Gasteiger partial charge in [0.05, 0.1) is 5.66 Å². The van der Waals surface area contributed by atoms with Crippen molar-refractivity contribution in [3.63, 3.8) is 0 Å². The van der Waals surface area contributed by atoms with Gasteiger partial charge in [-0.2, -0.15) is 0 Å². The van der Waals surface area contributed by atoms with Crippen LogP contribution in [0.15, 0.2) is 0 Å². The second kappa shape index (κ2) is 2.94. The van der Waals surface area contributed by atoms with Crippen molar-refractivity contribution >= 4 is 0 Å². The highest BCUT2D eigenvalue weighted by Crippen LogP contribution is 2.47. The number of nitrogens with two attached hydrogens (primary N) is 3. The summed E-state index contributed by atoms with van der Waals surface area (Å²) in [6, 6.07) is 0. The molecule has 1 aliphatic carbocycles. The van der Waals surface area contributed by atoms with Crippen LogP contribution in [0.2, 0.25) is 0 Å². The third-order valence-corrected chi connectivity index (χ3v) is 2.96. The van der Waals surface area contributed by atoms with Crippen molar-refractivity contribution in [1.82, 2.24) is 0 Å². The lowest BCUT2D eigenvalue weighted by atomic mass is 9.61. The Labute approximate surface area is 81.0 Å². The van der Waals surface area contributed by atoms with Crippen molar-refractivity contribution in [2.45, 2.75) is 45.7 Å². The van der Waals surface area contributed by atoms with E-state index in [2.05, 4.69) is 20.8 Å². The van der Waals surface area contributed by atoms with Crippen molar-refractivity contribution in [2.24, 2.45) is 28.0 Å². The molecule has 0 aromatic carbocycles. The van der Waals surface area contributed by atoms with E-state index in [1.807, 2.05) is 0 Å². The fourth-order valence-corrected chi connectivity index (χ4v) is 3.17. The average Bonchev–Trinajstić information content (AvgIpc) is 1.79. The van der Waals surface area contributed by atoms with Gasteiger partial charge in [0, 0.05) is 0 Å². The zero-order valence-electron chi connectivity index (χ0n) is 9.06. The van der Waals surface area contributed by atoms with Gasteiger partial charge in [-0.05, 0) is 36.6 Å². The Morgan fingerprint density at radius 1 is 1.00 bits per heavy atom. The van der Waals surface area contributed by atoms with Gasteiger partial charge in [0.25, 0.3) is 0 Å². The van der Waals surface area contributed by atoms with E-state index in [0.717, 1.165) is 19.3 Å². The lowest BCUT2D eigenvalue weighted by Gasteiger charge is -2.49. The first-order valence-corrected chi connectivity index (χ1v) is 4.96. The van der Waals surface area contributed by atoms with E-state index in [9.17, 15) is 0 Å². The number of hydrogen-bond acceptors (Lipinski definition) is 3. The molecular weight excluding hydrogens is 162 g/mol. The molecule has 0 bridgehead atoms. The van der Waals surface area contributed by atoms with Gasteiger partial charge in [-0.1, -0.05) is 20.8 Å². The Kier molecular flexibility index (Phi) is 2.48. The summed E-state index contributed by atoms with van der Waals surface area (Å²) < 4.78 is 0. The van der Waals surface area contributed by atoms with Gasteiger partial charge in [0.1, 0.15) is 0 Å². The maximum Gasteiger partial charge on any atom is 0.0647 e. The molecule has 0 saturated heterocycles. The average molecular weight is 185 g/mol. The Bertz CT molecular complexity index is 180. The maximum absolute atomic E-state index is 6.03. The van der Waals surface area contributed by atoms with Crippen LogP contribution in [0.4, 0.5) is 0 Å². The van der Waals surface area contributed by atoms with Crippen LogP contribution in [0.3, 0.4) is 0 Å². The minimum atomic E-state index is -0.532. The summed E-state index contributed by atoms with van der Waals surface area (Å²) in [4.78, 5) is 0. The second-order valence-electron chi connectivity index (χ2n) is 5.94. The first-order valence-electron chi connectivity index (χ1n) is 4.96. The standard InChI is InChI=1S/C10H23N3/c1-8(2)4-9(3,7-11)6-10(12,13)5-8/h4-7,11-13H2,1-3H3. The summed E-state index contributed by atoms with van der Waals surface area (Å²) in [7, 11) is 0. The fourth-order valence-electron chi connectivity index (χ4n) is 3.17. The van der Waals surface area contributed by atoms with Crippen LogP contribution in [-0.2, 0) is 0 Å². The van der Waals surface area contributed by atoms with Gasteiger partial charge < -0.3 is 17.2 Å². The van der Waals surface area contributed by atoms with Crippen LogP contribution in [-0.4, -0.2) is 12.2 Å². The topological polar surface area (TPSA) is 78.1 Å². The van der Waals surface area contributed by atoms with Crippen molar-refractivity contribution in [3.05, 3.63) is 0 Å². The molecule has 1 unspecified atom stereocenters. The smallest absolute Gasteiger partial charge is 0.0647 e. The molecule has 0 aromatic rings. The monoisotopic (exact) mass is 185 g/mol. The van der Waals surface area contributed by atoms with E-state index in [1.54, 1.807) is 0 Å². The van der Waals surface area contributed by atoms with Crippen LogP contribution in [0.25, 0.3) is 0 Å². The van der Waals surface area contributed by atoms with Gasteiger partial charge in [-0.15, -0.1) is 0 Å². The molecule has 3 nitrogen and oxygen atoms in total. The van der Waals surface area contributed by atoms with E-state index in [0.29, 0.717) is 6.54 Å². The summed E-state index contributed by atoms with van der Waals surface area (Å²) in [5.74, 6) is 0. The van der Waals surface area contributed by atoms with Crippen molar-refractivity contribution in [1.29, 1.82) is 0 Å². The molecule has 1 atom stereocenters. The zero-order valence-corrected chi connectivity index (χ0v) is 9.06. The van der Waals surface area contributed by atoms with Gasteiger partial charge in [0.15, 0.2) is 0 Å². The fraction of sp³-hybridized carbons (Fsp3) is 1.00. The summed E-state index contributed by atoms with van der Waals surface area (Å²) in [5.41, 5.74) is 17.6. The molecular formula is C10H23N3. The van der Waals surface area contributed by atoms with E-state index in [-0.39, 0.29) is 10.8 Å². The van der Waals surface area contributed by atoms with Gasteiger partial charge >= 0.3 is 0 Å². The molecule has 78 valence electrons. The SMILES string of the molecule is CC1(C)CC(N)(N)CC(C)(CN)C1. The van der Waals surface area contributed by atoms with Crippen LogP contribution in [0.1, 0.15) is 40.0 Å². The lowest BCUT2D eigenvalue weighted by Crippen LogP contribution is -2.60. The zero-order chi connectivity index (χ0) is 10.3. The number of rotatable bonds is 1. The summed E-state index contributed by atoms with van der Waals surface area (Å²) in [6.07, 6.45) is 2.84. The number of hydrogen-bond donors (Lipinski definition) is 3. The maximum atomic E-state index is 6.03. The van der Waals surface area contributed by atoms with Crippen LogP contribution >= 0.6 is 0 Å². The highest BCUT2D eigenvalue weighted by Gasteiger charge is 2.44. The van der Waals surface area contributed by atoms with Gasteiger partial charge in [-0.25, -0.2) is 0 Å². The quantitative estimate of drug-likeness (QED) is 0.528. The summed E-state index contributed by atoms with van der Waals surface area (Å²) in [6.45, 7) is 7.29. The molecule has 0 amide bonds. The molecule has 1 rings (SSSR count). The van der Waals surface area contributed by atoms with Crippen LogP contribution < -0.4 is 17.2 Å². The Hall–Kier alpha value is -0.120. The largest absolute Gasteiger partial charge is 0.330 e. The summed E-state index contributed by atoms with van der Waals surface area (Å²) in [5, 5.41) is 0. The van der Waals surface area contributed by atoms with Crippen molar-refractivity contribution in [3.8, 4) is 0 Å². The van der Waals surface area contributed by atoms with E-state index >= 15 is 0 Å². The normalized spacial score (nSPS) is 37.4. The third-order valence-electron chi connectivity index (χ3n) is 2.96. The highest BCUT2D eigenvalue weighted by atomic mass is 15.0. The minimum Gasteiger partial charge on any atom is -0.330 e. The lowest BCUT2D eigenvalue weighted by molar-refractivity contribution is 0.0449. The molecule has 13 heavy (non-hydrogen) atoms. The predicted octanol–water partition coefficient (Wildman–Crippen LogP) is 0.775. The second-order valence-corrected chi connectivity index (χ2v) is 5.94. The molecule has 0 aliphatic heterocycles. The van der Waals surface area contributed by atoms with E-state index in [1.165, 1.54) is 0 Å². The van der Waals surface area contributed by atoms with E-state index < -0.39 is 5.66 Å². The van der Waals surface area contributed by atoms with Crippen molar-refractivity contribution in [2.75, 3.05) is 6.54 Å². The molecule has 6 N–H and O–H groups in total. The van der Waals surface area contributed by atoms with E-state index in [4.69, 9.17) is 17.2 Å². The van der Waals surface area contributed by atoms with Crippen LogP contribution in [0.5, 0.6) is 0 Å². The highest BCUT2D eigenvalue weighted by molar-refractivity contribution is 4.99. The Morgan fingerprint density at radius 3 is 1.92 bits per heavy atom. The molecule has 0 spiro atoms. The van der Waals surface area contributed by atoms with Gasteiger partial charge in [-0.3, -0.25) is 0 Å². The first kappa shape index (κ1) is 11.0. The van der Waals surface area contributed by atoms with Crippen LogP contribution in [0, 0.1) is 10.8 Å². The summed E-state index contributed by atoms with van der Waals surface area (Å²) >= 11 is 0. The molecule has 0 heterocycles. The Morgan fingerprint density at radius 2 is 1.54 bits per heavy atom. The minimum absolute atomic E-state index is 0.116. The molecule has 0 radical (unpaired) electrons.